The van der Waals surface area contributed by atoms with Crippen molar-refractivity contribution in [3.63, 3.8) is 0 Å². The molecule has 1 N–H and O–H groups in total. The van der Waals surface area contributed by atoms with Gasteiger partial charge in [0.1, 0.15) is 0 Å². The van der Waals surface area contributed by atoms with Gasteiger partial charge in [0.2, 0.25) is 0 Å². The molecule has 0 bridgehead atoms. The summed E-state index contributed by atoms with van der Waals surface area (Å²) < 4.78 is 4.43. The van der Waals surface area contributed by atoms with Crippen molar-refractivity contribution < 1.29 is 19.4 Å². The van der Waals surface area contributed by atoms with E-state index in [4.69, 9.17) is 5.11 Å². The predicted molar refractivity (Wildman–Crippen MR) is 58.8 cm³/mol. The van der Waals surface area contributed by atoms with Crippen molar-refractivity contribution in [3.05, 3.63) is 23.8 Å². The van der Waals surface area contributed by atoms with Gasteiger partial charge in [-0.15, -0.1) is 0 Å². The molecule has 0 amide bonds. The van der Waals surface area contributed by atoms with Gasteiger partial charge in [0.25, 0.3) is 0 Å². The topological polar surface area (TPSA) is 63.6 Å². The maximum Gasteiger partial charge on any atom is 0.320 e. The highest BCUT2D eigenvalue weighted by Crippen LogP contribution is 2.19. The maximum absolute atomic E-state index is 11.1. The molecule has 0 aromatic heterocycles. The third kappa shape index (κ3) is 3.53. The summed E-state index contributed by atoms with van der Waals surface area (Å²) in [6, 6.07) is 0. The van der Waals surface area contributed by atoms with Gasteiger partial charge in [0.05, 0.1) is 7.11 Å². The Balaban J connectivity index is 2.49. The zero-order valence-electron chi connectivity index (χ0n) is 9.31. The first kappa shape index (κ1) is 12.5. The van der Waals surface area contributed by atoms with Crippen LogP contribution in [0.5, 0.6) is 0 Å². The molecular weight excluding hydrogens is 208 g/mol. The first-order valence-corrected chi connectivity index (χ1v) is 5.31. The number of methoxy groups -OCH3 is 1. The standard InChI is InChI=1S/C12H16O4/c1-16-12(15)10(11(13)14)8-4-7-9-5-2-3-6-9/h4-5,7,10H,2-3,6,8H2,1H3,(H,13,14). The zero-order chi connectivity index (χ0) is 12.0. The fraction of sp³-hybridized carbons (Fsp3) is 0.500. The van der Waals surface area contributed by atoms with Gasteiger partial charge in [-0.2, -0.15) is 0 Å². The summed E-state index contributed by atoms with van der Waals surface area (Å²) in [6.07, 6.45) is 9.20. The lowest BCUT2D eigenvalue weighted by atomic mass is 10.1. The van der Waals surface area contributed by atoms with E-state index < -0.39 is 17.9 Å². The van der Waals surface area contributed by atoms with Gasteiger partial charge in [0, 0.05) is 0 Å². The number of hydrogen-bond donors (Lipinski definition) is 1. The Hall–Kier alpha value is -1.58. The molecule has 1 unspecified atom stereocenters. The van der Waals surface area contributed by atoms with Crippen LogP contribution in [0.25, 0.3) is 0 Å². The Morgan fingerprint density at radius 2 is 2.38 bits per heavy atom. The minimum absolute atomic E-state index is 0.180. The normalized spacial score (nSPS) is 17.2. The third-order valence-corrected chi connectivity index (χ3v) is 2.56. The molecule has 1 rings (SSSR count). The minimum Gasteiger partial charge on any atom is -0.481 e. The van der Waals surface area contributed by atoms with Crippen LogP contribution in [0, 0.1) is 5.92 Å². The molecule has 4 nitrogen and oxygen atoms in total. The van der Waals surface area contributed by atoms with Gasteiger partial charge in [-0.1, -0.05) is 23.8 Å². The summed E-state index contributed by atoms with van der Waals surface area (Å²) in [5.74, 6) is -2.93. The Kier molecular flexibility index (Phi) is 4.76. The molecule has 0 aromatic carbocycles. The van der Waals surface area contributed by atoms with Gasteiger partial charge in [-0.05, 0) is 25.7 Å². The zero-order valence-corrected chi connectivity index (χ0v) is 9.31. The molecule has 1 aliphatic rings. The van der Waals surface area contributed by atoms with Crippen molar-refractivity contribution in [1.29, 1.82) is 0 Å². The summed E-state index contributed by atoms with van der Waals surface area (Å²) in [7, 11) is 1.20. The molecule has 88 valence electrons. The molecule has 16 heavy (non-hydrogen) atoms. The van der Waals surface area contributed by atoms with E-state index in [9.17, 15) is 9.59 Å². The van der Waals surface area contributed by atoms with Gasteiger partial charge < -0.3 is 9.84 Å². The average Bonchev–Trinajstić information content (AvgIpc) is 2.75. The molecule has 0 aromatic rings. The van der Waals surface area contributed by atoms with E-state index in [1.165, 1.54) is 12.7 Å². The highest BCUT2D eigenvalue weighted by atomic mass is 16.5. The Morgan fingerprint density at radius 3 is 2.88 bits per heavy atom. The van der Waals surface area contributed by atoms with Gasteiger partial charge in [-0.3, -0.25) is 9.59 Å². The van der Waals surface area contributed by atoms with Crippen LogP contribution in [0.4, 0.5) is 0 Å². The number of ether oxygens (including phenoxy) is 1. The molecule has 0 heterocycles. The van der Waals surface area contributed by atoms with Crippen molar-refractivity contribution in [1.82, 2.24) is 0 Å². The van der Waals surface area contributed by atoms with Crippen LogP contribution in [0.15, 0.2) is 23.8 Å². The van der Waals surface area contributed by atoms with Crippen molar-refractivity contribution in [2.75, 3.05) is 7.11 Å². The quantitative estimate of drug-likeness (QED) is 0.572. The number of hydrogen-bond acceptors (Lipinski definition) is 3. The number of aliphatic carboxylic acids is 1. The first-order chi connectivity index (χ1) is 7.65. The number of carboxylic acids is 1. The second kappa shape index (κ2) is 6.10. The fourth-order valence-electron chi connectivity index (χ4n) is 1.64. The molecule has 0 fully saturated rings. The Morgan fingerprint density at radius 1 is 1.62 bits per heavy atom. The molecule has 0 saturated carbocycles. The molecular formula is C12H16O4. The van der Waals surface area contributed by atoms with Gasteiger partial charge in [-0.25, -0.2) is 0 Å². The summed E-state index contributed by atoms with van der Waals surface area (Å²) in [6.45, 7) is 0. The van der Waals surface area contributed by atoms with Crippen molar-refractivity contribution >= 4 is 11.9 Å². The molecule has 4 heteroatoms. The smallest absolute Gasteiger partial charge is 0.320 e. The van der Waals surface area contributed by atoms with Crippen LogP contribution in [-0.4, -0.2) is 24.2 Å². The van der Waals surface area contributed by atoms with Crippen LogP contribution in [0.2, 0.25) is 0 Å². The number of allylic oxidation sites excluding steroid dienone is 4. The fourth-order valence-corrected chi connectivity index (χ4v) is 1.64. The second-order valence-corrected chi connectivity index (χ2v) is 3.72. The summed E-state index contributed by atoms with van der Waals surface area (Å²) in [5, 5.41) is 8.82. The Bertz CT molecular complexity index is 328. The van der Waals surface area contributed by atoms with Crippen LogP contribution in [0.3, 0.4) is 0 Å². The summed E-state index contributed by atoms with van der Waals surface area (Å²) in [5.41, 5.74) is 1.22. The lowest BCUT2D eigenvalue weighted by Crippen LogP contribution is -2.24. The lowest BCUT2D eigenvalue weighted by Gasteiger charge is -2.06. The second-order valence-electron chi connectivity index (χ2n) is 3.72. The largest absolute Gasteiger partial charge is 0.481 e. The molecule has 1 aliphatic carbocycles. The van der Waals surface area contributed by atoms with E-state index in [2.05, 4.69) is 10.8 Å². The van der Waals surface area contributed by atoms with Gasteiger partial charge in [0.15, 0.2) is 5.92 Å². The molecule has 0 spiro atoms. The number of carbonyl (C=O) groups excluding carboxylic acids is 1. The first-order valence-electron chi connectivity index (χ1n) is 5.31. The minimum atomic E-state index is -1.14. The van der Waals surface area contributed by atoms with E-state index in [0.29, 0.717) is 0 Å². The summed E-state index contributed by atoms with van der Waals surface area (Å²) in [4.78, 5) is 21.9. The van der Waals surface area contributed by atoms with Crippen molar-refractivity contribution in [2.45, 2.75) is 25.7 Å². The lowest BCUT2D eigenvalue weighted by molar-refractivity contribution is -0.156. The van der Waals surface area contributed by atoms with E-state index in [0.717, 1.165) is 19.3 Å². The highest BCUT2D eigenvalue weighted by molar-refractivity contribution is 5.94. The Labute approximate surface area is 94.6 Å². The van der Waals surface area contributed by atoms with E-state index in [1.54, 1.807) is 6.08 Å². The van der Waals surface area contributed by atoms with Crippen LogP contribution >= 0.6 is 0 Å². The van der Waals surface area contributed by atoms with E-state index in [1.807, 2.05) is 6.08 Å². The molecule has 0 aliphatic heterocycles. The summed E-state index contributed by atoms with van der Waals surface area (Å²) >= 11 is 0. The van der Waals surface area contributed by atoms with Crippen LogP contribution in [-0.2, 0) is 14.3 Å². The SMILES string of the molecule is COC(=O)C(CC=CC1=CCCC1)C(=O)O. The number of carboxylic acid groups (broad SMARTS) is 1. The number of carbonyl (C=O) groups is 2. The molecule has 0 radical (unpaired) electrons. The average molecular weight is 224 g/mol. The highest BCUT2D eigenvalue weighted by Gasteiger charge is 2.25. The molecule has 1 atom stereocenters. The molecule has 0 saturated heterocycles. The maximum atomic E-state index is 11.1. The monoisotopic (exact) mass is 224 g/mol. The van der Waals surface area contributed by atoms with Crippen molar-refractivity contribution in [3.8, 4) is 0 Å². The van der Waals surface area contributed by atoms with Crippen LogP contribution in [0.1, 0.15) is 25.7 Å². The van der Waals surface area contributed by atoms with E-state index in [-0.39, 0.29) is 6.42 Å². The predicted octanol–water partition coefficient (Wildman–Crippen LogP) is 1.92. The number of esters is 1. The van der Waals surface area contributed by atoms with Crippen molar-refractivity contribution in [2.24, 2.45) is 5.92 Å². The van der Waals surface area contributed by atoms with Crippen LogP contribution < -0.4 is 0 Å². The number of rotatable bonds is 5. The van der Waals surface area contributed by atoms with Gasteiger partial charge >= 0.3 is 11.9 Å². The third-order valence-electron chi connectivity index (χ3n) is 2.56. The van der Waals surface area contributed by atoms with E-state index >= 15 is 0 Å².